The summed E-state index contributed by atoms with van der Waals surface area (Å²) in [4.78, 5) is 24.5. The van der Waals surface area contributed by atoms with Crippen LogP contribution in [0.4, 0.5) is 0 Å². The number of carbonyl (C=O) groups excluding carboxylic acids is 2. The van der Waals surface area contributed by atoms with Gasteiger partial charge in [-0.1, -0.05) is 30.3 Å². The molecule has 0 fully saturated rings. The molecule has 1 aliphatic rings. The molecular formula is C20H22N2O5S. The first-order valence-electron chi connectivity index (χ1n) is 8.94. The Kier molecular flexibility index (Phi) is 5.69. The van der Waals surface area contributed by atoms with Gasteiger partial charge in [-0.05, 0) is 37.6 Å². The lowest BCUT2D eigenvalue weighted by Gasteiger charge is -2.18. The Balaban J connectivity index is 1.52. The van der Waals surface area contributed by atoms with Gasteiger partial charge >= 0.3 is 0 Å². The quantitative estimate of drug-likeness (QED) is 0.766. The van der Waals surface area contributed by atoms with Crippen molar-refractivity contribution in [2.45, 2.75) is 31.2 Å². The van der Waals surface area contributed by atoms with Gasteiger partial charge in [-0.2, -0.15) is 0 Å². The molecule has 8 heteroatoms. The number of rotatable bonds is 7. The normalized spacial score (nSPS) is 15.8. The highest BCUT2D eigenvalue weighted by molar-refractivity contribution is 7.90. The molecule has 28 heavy (non-hydrogen) atoms. The van der Waals surface area contributed by atoms with E-state index in [9.17, 15) is 18.0 Å². The van der Waals surface area contributed by atoms with Crippen LogP contribution in [-0.4, -0.2) is 43.7 Å². The maximum atomic E-state index is 12.5. The SMILES string of the molecule is Cc1ccccc1OC[C@@H](C)NC(=O)CCN1C(=O)c2ccccc2S1(=O)=O. The van der Waals surface area contributed by atoms with Crippen molar-refractivity contribution in [1.82, 2.24) is 9.62 Å². The van der Waals surface area contributed by atoms with Gasteiger partial charge in [0, 0.05) is 13.0 Å². The molecule has 2 aromatic rings. The Morgan fingerprint density at radius 2 is 1.82 bits per heavy atom. The monoisotopic (exact) mass is 402 g/mol. The number of carbonyl (C=O) groups is 2. The fourth-order valence-corrected chi connectivity index (χ4v) is 4.55. The van der Waals surface area contributed by atoms with E-state index >= 15 is 0 Å². The number of hydrogen-bond acceptors (Lipinski definition) is 5. The van der Waals surface area contributed by atoms with Crippen molar-refractivity contribution >= 4 is 21.8 Å². The molecule has 0 saturated heterocycles. The molecule has 1 atom stereocenters. The van der Waals surface area contributed by atoms with Gasteiger partial charge in [-0.15, -0.1) is 0 Å². The number of ether oxygens (including phenoxy) is 1. The summed E-state index contributed by atoms with van der Waals surface area (Å²) in [5.74, 6) is -0.200. The fourth-order valence-electron chi connectivity index (χ4n) is 2.98. The summed E-state index contributed by atoms with van der Waals surface area (Å²) < 4.78 is 31.4. The second-order valence-corrected chi connectivity index (χ2v) is 8.50. The lowest BCUT2D eigenvalue weighted by atomic mass is 10.2. The van der Waals surface area contributed by atoms with E-state index in [2.05, 4.69) is 5.32 Å². The summed E-state index contributed by atoms with van der Waals surface area (Å²) in [6, 6.07) is 13.4. The van der Waals surface area contributed by atoms with Crippen molar-refractivity contribution in [3.8, 4) is 5.75 Å². The minimum absolute atomic E-state index is 0.0135. The smallest absolute Gasteiger partial charge is 0.269 e. The van der Waals surface area contributed by atoms with Gasteiger partial charge in [0.15, 0.2) is 0 Å². The number of para-hydroxylation sites is 1. The summed E-state index contributed by atoms with van der Waals surface area (Å²) >= 11 is 0. The molecule has 0 spiro atoms. The third-order valence-corrected chi connectivity index (χ3v) is 6.28. The number of hydrogen-bond donors (Lipinski definition) is 1. The minimum Gasteiger partial charge on any atom is -0.491 e. The van der Waals surface area contributed by atoms with Crippen LogP contribution in [0.1, 0.15) is 29.3 Å². The third-order valence-electron chi connectivity index (χ3n) is 4.44. The standard InChI is InChI=1S/C20H22N2O5S/c1-14-7-3-5-9-17(14)27-13-15(2)21-19(23)11-12-22-20(24)16-8-4-6-10-18(16)28(22,25)26/h3-10,15H,11-13H2,1-2H3,(H,21,23)/t15-/m1/s1. The number of sulfonamides is 1. The first kappa shape index (κ1) is 19.9. The van der Waals surface area contributed by atoms with E-state index in [0.717, 1.165) is 15.6 Å². The summed E-state index contributed by atoms with van der Waals surface area (Å²) in [6.45, 7) is 3.81. The van der Waals surface area contributed by atoms with Crippen LogP contribution in [-0.2, 0) is 14.8 Å². The highest BCUT2D eigenvalue weighted by atomic mass is 32.2. The Bertz CT molecular complexity index is 1000. The summed E-state index contributed by atoms with van der Waals surface area (Å²) in [5.41, 5.74) is 1.14. The van der Waals surface area contributed by atoms with Gasteiger partial charge < -0.3 is 10.1 Å². The van der Waals surface area contributed by atoms with E-state index < -0.39 is 15.9 Å². The number of aryl methyl sites for hydroxylation is 1. The van der Waals surface area contributed by atoms with Crippen LogP contribution in [0, 0.1) is 6.92 Å². The molecule has 1 aliphatic heterocycles. The van der Waals surface area contributed by atoms with Gasteiger partial charge in [0.2, 0.25) is 5.91 Å². The Morgan fingerprint density at radius 3 is 2.54 bits per heavy atom. The average Bonchev–Trinajstić information content (AvgIpc) is 2.86. The maximum Gasteiger partial charge on any atom is 0.269 e. The average molecular weight is 402 g/mol. The lowest BCUT2D eigenvalue weighted by molar-refractivity contribution is -0.121. The maximum absolute atomic E-state index is 12.5. The van der Waals surface area contributed by atoms with Crippen LogP contribution in [0.5, 0.6) is 5.75 Å². The fraction of sp³-hybridized carbons (Fsp3) is 0.300. The zero-order valence-corrected chi connectivity index (χ0v) is 16.5. The molecule has 148 valence electrons. The van der Waals surface area contributed by atoms with E-state index in [0.29, 0.717) is 0 Å². The molecular weight excluding hydrogens is 380 g/mol. The van der Waals surface area contributed by atoms with Crippen LogP contribution < -0.4 is 10.1 Å². The van der Waals surface area contributed by atoms with Gasteiger partial charge in [0.05, 0.1) is 11.6 Å². The van der Waals surface area contributed by atoms with Crippen LogP contribution in [0.25, 0.3) is 0 Å². The number of fused-ring (bicyclic) bond motifs is 1. The third kappa shape index (κ3) is 4.01. The molecule has 1 N–H and O–H groups in total. The largest absolute Gasteiger partial charge is 0.491 e. The number of benzene rings is 2. The second-order valence-electron chi connectivity index (χ2n) is 6.67. The topological polar surface area (TPSA) is 92.8 Å². The summed E-state index contributed by atoms with van der Waals surface area (Å²) in [7, 11) is -3.89. The van der Waals surface area contributed by atoms with E-state index in [-0.39, 0.29) is 42.0 Å². The van der Waals surface area contributed by atoms with Gasteiger partial charge in [0.25, 0.3) is 15.9 Å². The van der Waals surface area contributed by atoms with Gasteiger partial charge in [0.1, 0.15) is 17.3 Å². The molecule has 0 radical (unpaired) electrons. The van der Waals surface area contributed by atoms with Crippen molar-refractivity contribution in [3.05, 3.63) is 59.7 Å². The molecule has 2 aromatic carbocycles. The van der Waals surface area contributed by atoms with Crippen molar-refractivity contribution in [2.24, 2.45) is 0 Å². The second kappa shape index (κ2) is 8.02. The van der Waals surface area contributed by atoms with Crippen molar-refractivity contribution < 1.29 is 22.7 Å². The zero-order valence-electron chi connectivity index (χ0n) is 15.7. The molecule has 2 amide bonds. The molecule has 1 heterocycles. The first-order valence-corrected chi connectivity index (χ1v) is 10.4. The Morgan fingerprint density at radius 1 is 1.14 bits per heavy atom. The van der Waals surface area contributed by atoms with Crippen molar-refractivity contribution in [3.63, 3.8) is 0 Å². The van der Waals surface area contributed by atoms with Crippen molar-refractivity contribution in [1.29, 1.82) is 0 Å². The number of nitrogens with one attached hydrogen (secondary N) is 1. The van der Waals surface area contributed by atoms with Crippen molar-refractivity contribution in [2.75, 3.05) is 13.2 Å². The molecule has 7 nitrogen and oxygen atoms in total. The van der Waals surface area contributed by atoms with E-state index in [1.807, 2.05) is 31.2 Å². The van der Waals surface area contributed by atoms with E-state index in [1.54, 1.807) is 19.1 Å². The van der Waals surface area contributed by atoms with Gasteiger partial charge in [-0.25, -0.2) is 12.7 Å². The Hall–Kier alpha value is -2.87. The van der Waals surface area contributed by atoms with Crippen LogP contribution in [0.3, 0.4) is 0 Å². The van der Waals surface area contributed by atoms with Crippen LogP contribution in [0.2, 0.25) is 0 Å². The molecule has 0 unspecified atom stereocenters. The molecule has 3 rings (SSSR count). The number of nitrogens with zero attached hydrogens (tertiary/aromatic N) is 1. The van der Waals surface area contributed by atoms with E-state index in [4.69, 9.17) is 4.74 Å². The van der Waals surface area contributed by atoms with Crippen LogP contribution >= 0.6 is 0 Å². The molecule has 0 bridgehead atoms. The molecule has 0 aliphatic carbocycles. The van der Waals surface area contributed by atoms with Gasteiger partial charge in [-0.3, -0.25) is 9.59 Å². The minimum atomic E-state index is -3.89. The Labute approximate surface area is 164 Å². The highest BCUT2D eigenvalue weighted by Crippen LogP contribution is 2.29. The lowest BCUT2D eigenvalue weighted by Crippen LogP contribution is -2.39. The number of amides is 2. The molecule has 0 aromatic heterocycles. The zero-order chi connectivity index (χ0) is 20.3. The molecule has 0 saturated carbocycles. The van der Waals surface area contributed by atoms with E-state index in [1.165, 1.54) is 12.1 Å². The summed E-state index contributed by atoms with van der Waals surface area (Å²) in [5, 5.41) is 2.76. The van der Waals surface area contributed by atoms with Crippen LogP contribution in [0.15, 0.2) is 53.4 Å². The summed E-state index contributed by atoms with van der Waals surface area (Å²) in [6.07, 6.45) is -0.117. The predicted octanol–water partition coefficient (Wildman–Crippen LogP) is 2.11. The predicted molar refractivity (Wildman–Crippen MR) is 104 cm³/mol. The highest BCUT2D eigenvalue weighted by Gasteiger charge is 2.40. The first-order chi connectivity index (χ1) is 13.3.